The molecule has 5 heteroatoms. The van der Waals surface area contributed by atoms with Gasteiger partial charge in [0.1, 0.15) is 0 Å². The number of amides is 1. The molecule has 0 aliphatic heterocycles. The van der Waals surface area contributed by atoms with Crippen LogP contribution in [0.15, 0.2) is 35.3 Å². The highest BCUT2D eigenvalue weighted by atomic mass is 32.1. The number of nitrogens with zero attached hydrogens (tertiary/aromatic N) is 2. The van der Waals surface area contributed by atoms with Crippen molar-refractivity contribution < 1.29 is 4.79 Å². The fourth-order valence-corrected chi connectivity index (χ4v) is 2.76. The molecule has 0 aliphatic rings. The highest BCUT2D eigenvalue weighted by molar-refractivity contribution is 7.07. The van der Waals surface area contributed by atoms with Crippen molar-refractivity contribution in [3.63, 3.8) is 0 Å². The van der Waals surface area contributed by atoms with Gasteiger partial charge in [0.05, 0.1) is 6.04 Å². The molecule has 2 aromatic rings. The number of nitrogens with one attached hydrogen (secondary N) is 1. The zero-order valence-electron chi connectivity index (χ0n) is 12.2. The molecule has 20 heavy (non-hydrogen) atoms. The number of hydrogen-bond donors (Lipinski definition) is 1. The van der Waals surface area contributed by atoms with Crippen LogP contribution in [0.1, 0.15) is 38.8 Å². The first-order valence-electron chi connectivity index (χ1n) is 6.74. The minimum absolute atomic E-state index is 0.00760. The predicted molar refractivity (Wildman–Crippen MR) is 81.8 cm³/mol. The third-order valence-corrected chi connectivity index (χ3v) is 3.66. The van der Waals surface area contributed by atoms with E-state index < -0.39 is 0 Å². The van der Waals surface area contributed by atoms with Gasteiger partial charge in [-0.3, -0.25) is 9.48 Å². The van der Waals surface area contributed by atoms with Gasteiger partial charge in [0.2, 0.25) is 5.91 Å². The Kier molecular flexibility index (Phi) is 4.60. The van der Waals surface area contributed by atoms with Gasteiger partial charge in [-0.2, -0.15) is 16.4 Å². The first-order chi connectivity index (χ1) is 9.46. The molecule has 1 atom stereocenters. The van der Waals surface area contributed by atoms with Gasteiger partial charge in [-0.05, 0) is 33.9 Å². The largest absolute Gasteiger partial charge is 0.354 e. The lowest BCUT2D eigenvalue weighted by Crippen LogP contribution is -2.33. The van der Waals surface area contributed by atoms with Gasteiger partial charge < -0.3 is 5.32 Å². The molecule has 0 aromatic carbocycles. The summed E-state index contributed by atoms with van der Waals surface area (Å²) in [4.78, 5) is 12.0. The summed E-state index contributed by atoms with van der Waals surface area (Å²) in [6.07, 6.45) is 4.22. The van der Waals surface area contributed by atoms with E-state index in [1.54, 1.807) is 17.5 Å². The standard InChI is InChI=1S/C15H21N3OS/c1-15(2,3)9-14(19)16-10-13(12-5-8-20-11-12)18-7-4-6-17-18/h4-8,11,13H,9-10H2,1-3H3,(H,16,19)/t13-/m1/s1. The normalized spacial score (nSPS) is 13.2. The lowest BCUT2D eigenvalue weighted by molar-refractivity contribution is -0.122. The van der Waals surface area contributed by atoms with Crippen molar-refractivity contribution >= 4 is 17.2 Å². The summed E-state index contributed by atoms with van der Waals surface area (Å²) in [7, 11) is 0. The first kappa shape index (κ1) is 14.8. The van der Waals surface area contributed by atoms with Crippen LogP contribution >= 0.6 is 11.3 Å². The molecule has 0 saturated heterocycles. The maximum atomic E-state index is 12.0. The zero-order chi connectivity index (χ0) is 14.6. The van der Waals surface area contributed by atoms with E-state index in [9.17, 15) is 4.79 Å². The van der Waals surface area contributed by atoms with Crippen LogP contribution in [0.2, 0.25) is 0 Å². The first-order valence-corrected chi connectivity index (χ1v) is 7.68. The highest BCUT2D eigenvalue weighted by Crippen LogP contribution is 2.21. The Morgan fingerprint density at radius 3 is 2.85 bits per heavy atom. The molecule has 0 bridgehead atoms. The summed E-state index contributed by atoms with van der Waals surface area (Å²) in [5, 5.41) is 11.5. The number of carbonyl (C=O) groups is 1. The number of thiophene rings is 1. The van der Waals surface area contributed by atoms with E-state index in [1.165, 1.54) is 5.56 Å². The van der Waals surface area contributed by atoms with E-state index >= 15 is 0 Å². The molecule has 2 heterocycles. The molecule has 0 unspecified atom stereocenters. The van der Waals surface area contributed by atoms with E-state index in [1.807, 2.05) is 22.3 Å². The molecule has 2 aromatic heterocycles. The Bertz CT molecular complexity index is 492. The summed E-state index contributed by atoms with van der Waals surface area (Å²) in [5.74, 6) is 0.0879. The predicted octanol–water partition coefficient (Wildman–Crippen LogP) is 3.09. The van der Waals surface area contributed by atoms with E-state index in [4.69, 9.17) is 0 Å². The van der Waals surface area contributed by atoms with Crippen LogP contribution in [-0.2, 0) is 4.79 Å². The fraction of sp³-hybridized carbons (Fsp3) is 0.467. The second-order valence-corrected chi connectivity index (χ2v) is 6.88. The molecular weight excluding hydrogens is 270 g/mol. The molecule has 108 valence electrons. The smallest absolute Gasteiger partial charge is 0.220 e. The van der Waals surface area contributed by atoms with Crippen LogP contribution < -0.4 is 5.32 Å². The summed E-state index contributed by atoms with van der Waals surface area (Å²) in [5.41, 5.74) is 1.18. The van der Waals surface area contributed by atoms with Gasteiger partial charge in [0, 0.05) is 25.4 Å². The van der Waals surface area contributed by atoms with Gasteiger partial charge in [0.25, 0.3) is 0 Å². The zero-order valence-corrected chi connectivity index (χ0v) is 13.0. The third kappa shape index (κ3) is 4.20. The second kappa shape index (κ2) is 6.22. The van der Waals surface area contributed by atoms with Crippen molar-refractivity contribution in [2.45, 2.75) is 33.2 Å². The number of carbonyl (C=O) groups excluding carboxylic acids is 1. The number of rotatable bonds is 5. The minimum Gasteiger partial charge on any atom is -0.354 e. The molecule has 0 spiro atoms. The maximum absolute atomic E-state index is 12.0. The molecule has 0 fully saturated rings. The highest BCUT2D eigenvalue weighted by Gasteiger charge is 2.19. The molecule has 1 amide bonds. The minimum atomic E-state index is 0.00760. The summed E-state index contributed by atoms with van der Waals surface area (Å²) >= 11 is 1.66. The second-order valence-electron chi connectivity index (χ2n) is 6.10. The van der Waals surface area contributed by atoms with E-state index in [2.05, 4.69) is 42.6 Å². The average Bonchev–Trinajstić information content (AvgIpc) is 2.98. The van der Waals surface area contributed by atoms with Crippen LogP contribution in [0.5, 0.6) is 0 Å². The molecule has 0 radical (unpaired) electrons. The Morgan fingerprint density at radius 1 is 1.50 bits per heavy atom. The lowest BCUT2D eigenvalue weighted by atomic mass is 9.92. The molecule has 4 nitrogen and oxygen atoms in total. The number of aromatic nitrogens is 2. The van der Waals surface area contributed by atoms with E-state index in [0.29, 0.717) is 13.0 Å². The number of hydrogen-bond acceptors (Lipinski definition) is 3. The van der Waals surface area contributed by atoms with Crippen molar-refractivity contribution in [3.8, 4) is 0 Å². The average molecular weight is 291 g/mol. The Labute approximate surface area is 123 Å². The van der Waals surface area contributed by atoms with Crippen molar-refractivity contribution in [1.82, 2.24) is 15.1 Å². The van der Waals surface area contributed by atoms with E-state index in [0.717, 1.165) is 0 Å². The quantitative estimate of drug-likeness (QED) is 0.920. The van der Waals surface area contributed by atoms with Crippen LogP contribution in [0.25, 0.3) is 0 Å². The van der Waals surface area contributed by atoms with Crippen LogP contribution in [-0.4, -0.2) is 22.2 Å². The monoisotopic (exact) mass is 291 g/mol. The van der Waals surface area contributed by atoms with Crippen LogP contribution in [0, 0.1) is 5.41 Å². The maximum Gasteiger partial charge on any atom is 0.220 e. The van der Waals surface area contributed by atoms with Gasteiger partial charge in [-0.1, -0.05) is 20.8 Å². The SMILES string of the molecule is CC(C)(C)CC(=O)NC[C@H](c1ccsc1)n1cccn1. The lowest BCUT2D eigenvalue weighted by Gasteiger charge is -2.20. The van der Waals surface area contributed by atoms with Crippen LogP contribution in [0.4, 0.5) is 0 Å². The molecule has 2 rings (SSSR count). The molecule has 1 N–H and O–H groups in total. The molecule has 0 aliphatic carbocycles. The topological polar surface area (TPSA) is 46.9 Å². The van der Waals surface area contributed by atoms with Crippen LogP contribution in [0.3, 0.4) is 0 Å². The summed E-state index contributed by atoms with van der Waals surface area (Å²) in [6.45, 7) is 6.76. The Morgan fingerprint density at radius 2 is 2.30 bits per heavy atom. The summed E-state index contributed by atoms with van der Waals surface area (Å²) in [6, 6.07) is 4.03. The Balaban J connectivity index is 2.01. The van der Waals surface area contributed by atoms with Gasteiger partial charge in [0.15, 0.2) is 0 Å². The van der Waals surface area contributed by atoms with E-state index in [-0.39, 0.29) is 17.4 Å². The van der Waals surface area contributed by atoms with Crippen molar-refractivity contribution in [2.75, 3.05) is 6.54 Å². The molecular formula is C15H21N3OS. The van der Waals surface area contributed by atoms with Crippen molar-refractivity contribution in [3.05, 3.63) is 40.8 Å². The van der Waals surface area contributed by atoms with Crippen molar-refractivity contribution in [2.24, 2.45) is 5.41 Å². The molecule has 0 saturated carbocycles. The fourth-order valence-electron chi connectivity index (χ4n) is 2.05. The summed E-state index contributed by atoms with van der Waals surface area (Å²) < 4.78 is 1.89. The van der Waals surface area contributed by atoms with Gasteiger partial charge in [-0.15, -0.1) is 0 Å². The van der Waals surface area contributed by atoms with Gasteiger partial charge in [-0.25, -0.2) is 0 Å². The Hall–Kier alpha value is -1.62. The van der Waals surface area contributed by atoms with Gasteiger partial charge >= 0.3 is 0 Å². The third-order valence-electron chi connectivity index (χ3n) is 2.96. The van der Waals surface area contributed by atoms with Crippen molar-refractivity contribution in [1.29, 1.82) is 0 Å².